The summed E-state index contributed by atoms with van der Waals surface area (Å²) in [6, 6.07) is 9.32. The molecule has 1 aliphatic rings. The van der Waals surface area contributed by atoms with Gasteiger partial charge < -0.3 is 9.80 Å². The zero-order chi connectivity index (χ0) is 21.0. The average molecular weight is 435 g/mol. The van der Waals surface area contributed by atoms with Crippen molar-refractivity contribution in [2.45, 2.75) is 37.1 Å². The Morgan fingerprint density at radius 2 is 1.97 bits per heavy atom. The van der Waals surface area contributed by atoms with E-state index in [0.717, 1.165) is 36.6 Å². The zero-order valence-corrected chi connectivity index (χ0v) is 18.7. The van der Waals surface area contributed by atoms with Gasteiger partial charge in [-0.3, -0.25) is 14.2 Å². The highest BCUT2D eigenvalue weighted by molar-refractivity contribution is 8.00. The number of rotatable bonds is 6. The number of anilines is 1. The van der Waals surface area contributed by atoms with Gasteiger partial charge in [0.05, 0.1) is 5.25 Å². The Labute approximate surface area is 180 Å². The molecule has 0 aliphatic carbocycles. The number of halogens is 1. The second-order valence-corrected chi connectivity index (χ2v) is 8.87. The molecule has 1 amide bonds. The van der Waals surface area contributed by atoms with Crippen LogP contribution in [0, 0.1) is 6.92 Å². The summed E-state index contributed by atoms with van der Waals surface area (Å²) in [6.07, 6.45) is 1.65. The lowest BCUT2D eigenvalue weighted by molar-refractivity contribution is -0.131. The molecule has 0 spiro atoms. The second-order valence-electron chi connectivity index (χ2n) is 7.26. The van der Waals surface area contributed by atoms with Crippen LogP contribution >= 0.6 is 23.4 Å². The number of piperazine rings is 1. The van der Waals surface area contributed by atoms with Gasteiger partial charge in [0.1, 0.15) is 0 Å². The summed E-state index contributed by atoms with van der Waals surface area (Å²) in [7, 11) is 1.70. The highest BCUT2D eigenvalue weighted by Crippen LogP contribution is 2.27. The molecule has 1 atom stereocenters. The van der Waals surface area contributed by atoms with E-state index in [0.29, 0.717) is 23.9 Å². The molecule has 1 unspecified atom stereocenters. The number of carbonyl (C=O) groups is 1. The topological polar surface area (TPSA) is 58.4 Å². The van der Waals surface area contributed by atoms with Gasteiger partial charge in [-0.2, -0.15) is 0 Å². The van der Waals surface area contributed by atoms with Crippen molar-refractivity contribution in [2.75, 3.05) is 31.1 Å². The predicted molar refractivity (Wildman–Crippen MR) is 119 cm³/mol. The van der Waals surface area contributed by atoms with E-state index in [-0.39, 0.29) is 16.7 Å². The number of aromatic nitrogens is 2. The Bertz CT molecular complexity index is 925. The van der Waals surface area contributed by atoms with Crippen LogP contribution in [0.1, 0.15) is 25.5 Å². The summed E-state index contributed by atoms with van der Waals surface area (Å²) in [5.74, 6) is 0.123. The molecule has 1 saturated heterocycles. The molecule has 1 aromatic heterocycles. The van der Waals surface area contributed by atoms with Gasteiger partial charge in [0.2, 0.25) is 5.91 Å². The van der Waals surface area contributed by atoms with E-state index >= 15 is 0 Å². The number of hydrogen-bond donors (Lipinski definition) is 0. The maximum atomic E-state index is 13.2. The van der Waals surface area contributed by atoms with Crippen LogP contribution < -0.4 is 10.5 Å². The fraction of sp³-hybridized carbons (Fsp3) is 0.476. The van der Waals surface area contributed by atoms with Crippen LogP contribution in [-0.2, 0) is 11.8 Å². The molecule has 156 valence electrons. The van der Waals surface area contributed by atoms with Crippen LogP contribution in [0.5, 0.6) is 0 Å². The van der Waals surface area contributed by atoms with E-state index in [4.69, 9.17) is 11.6 Å². The molecule has 6 nitrogen and oxygen atoms in total. The third-order valence-electron chi connectivity index (χ3n) is 5.06. The van der Waals surface area contributed by atoms with E-state index in [9.17, 15) is 9.59 Å². The van der Waals surface area contributed by atoms with Gasteiger partial charge in [-0.15, -0.1) is 0 Å². The smallest absolute Gasteiger partial charge is 0.254 e. The molecule has 0 saturated carbocycles. The molecule has 8 heteroatoms. The van der Waals surface area contributed by atoms with E-state index in [1.807, 2.05) is 29.2 Å². The minimum absolute atomic E-state index is 0.0992. The average Bonchev–Trinajstić information content (AvgIpc) is 2.71. The fourth-order valence-electron chi connectivity index (χ4n) is 3.42. The predicted octanol–water partition coefficient (Wildman–Crippen LogP) is 3.35. The number of nitrogens with zero attached hydrogens (tertiary/aromatic N) is 4. The Morgan fingerprint density at radius 1 is 1.24 bits per heavy atom. The highest BCUT2D eigenvalue weighted by Gasteiger charge is 2.29. The number of thioether (sulfide) groups is 1. The van der Waals surface area contributed by atoms with Gasteiger partial charge in [-0.05, 0) is 31.5 Å². The normalized spacial score (nSPS) is 15.4. The van der Waals surface area contributed by atoms with Gasteiger partial charge in [0, 0.05) is 55.7 Å². The molecule has 29 heavy (non-hydrogen) atoms. The quantitative estimate of drug-likeness (QED) is 0.515. The van der Waals surface area contributed by atoms with E-state index in [1.165, 1.54) is 22.4 Å². The summed E-state index contributed by atoms with van der Waals surface area (Å²) >= 11 is 7.51. The first-order valence-electron chi connectivity index (χ1n) is 9.89. The monoisotopic (exact) mass is 434 g/mol. The maximum Gasteiger partial charge on any atom is 0.254 e. The number of aryl methyl sites for hydroxylation is 1. The lowest BCUT2D eigenvalue weighted by Gasteiger charge is -2.37. The molecule has 3 rings (SSSR count). The van der Waals surface area contributed by atoms with Crippen LogP contribution in [0.4, 0.5) is 5.69 Å². The van der Waals surface area contributed by atoms with Gasteiger partial charge >= 0.3 is 0 Å². The summed E-state index contributed by atoms with van der Waals surface area (Å²) < 4.78 is 1.52. The Kier molecular flexibility index (Phi) is 7.24. The molecular formula is C21H27ClN4O2S. The number of carbonyl (C=O) groups excluding carboxylic acids is 1. The standard InChI is InChI=1S/C21H27ClN4O2S/c1-4-6-18(29-21-23-15(2)13-19(27)24(21)3)20(28)26-11-9-25(10-12-26)17-8-5-7-16(22)14-17/h5,7-8,13-14,18H,4,6,9-12H2,1-3H3. The first-order valence-corrected chi connectivity index (χ1v) is 11.2. The van der Waals surface area contributed by atoms with Crippen LogP contribution in [0.25, 0.3) is 0 Å². The summed E-state index contributed by atoms with van der Waals surface area (Å²) in [5, 5.41) is 1.08. The fourth-order valence-corrected chi connectivity index (χ4v) is 4.90. The molecule has 0 bridgehead atoms. The van der Waals surface area contributed by atoms with E-state index in [1.54, 1.807) is 14.0 Å². The Balaban J connectivity index is 1.68. The van der Waals surface area contributed by atoms with Crippen molar-refractivity contribution in [3.8, 4) is 0 Å². The molecule has 0 N–H and O–H groups in total. The van der Waals surface area contributed by atoms with Gasteiger partial charge in [0.25, 0.3) is 5.56 Å². The van der Waals surface area contributed by atoms with Crippen molar-refractivity contribution < 1.29 is 4.79 Å². The van der Waals surface area contributed by atoms with Gasteiger partial charge in [-0.1, -0.05) is 42.8 Å². The maximum absolute atomic E-state index is 13.2. The zero-order valence-electron chi connectivity index (χ0n) is 17.1. The second kappa shape index (κ2) is 9.67. The highest BCUT2D eigenvalue weighted by atomic mass is 35.5. The molecule has 2 heterocycles. The van der Waals surface area contributed by atoms with E-state index in [2.05, 4.69) is 16.8 Å². The largest absolute Gasteiger partial charge is 0.368 e. The van der Waals surface area contributed by atoms with Crippen molar-refractivity contribution in [2.24, 2.45) is 7.05 Å². The van der Waals surface area contributed by atoms with Crippen LogP contribution in [0.3, 0.4) is 0 Å². The molecule has 0 radical (unpaired) electrons. The first kappa shape index (κ1) is 21.7. The minimum Gasteiger partial charge on any atom is -0.368 e. The van der Waals surface area contributed by atoms with Crippen molar-refractivity contribution in [1.82, 2.24) is 14.5 Å². The van der Waals surface area contributed by atoms with Crippen molar-refractivity contribution in [3.63, 3.8) is 0 Å². The Morgan fingerprint density at radius 3 is 2.62 bits per heavy atom. The Hall–Kier alpha value is -1.99. The van der Waals surface area contributed by atoms with Crippen LogP contribution in [0.2, 0.25) is 5.02 Å². The third kappa shape index (κ3) is 5.34. The van der Waals surface area contributed by atoms with Crippen molar-refractivity contribution in [1.29, 1.82) is 0 Å². The summed E-state index contributed by atoms with van der Waals surface area (Å²) in [5.41, 5.74) is 1.66. The number of amides is 1. The number of hydrogen-bond acceptors (Lipinski definition) is 5. The van der Waals surface area contributed by atoms with Crippen molar-refractivity contribution in [3.05, 3.63) is 51.4 Å². The van der Waals surface area contributed by atoms with Gasteiger partial charge in [-0.25, -0.2) is 4.98 Å². The molecule has 2 aromatic rings. The third-order valence-corrected chi connectivity index (χ3v) is 6.59. The SMILES string of the molecule is CCCC(Sc1nc(C)cc(=O)n1C)C(=O)N1CCN(c2cccc(Cl)c2)CC1. The van der Waals surface area contributed by atoms with Crippen molar-refractivity contribution >= 4 is 35.0 Å². The number of benzene rings is 1. The lowest BCUT2D eigenvalue weighted by atomic mass is 10.2. The molecule has 1 fully saturated rings. The molecule has 1 aromatic carbocycles. The van der Waals surface area contributed by atoms with Crippen LogP contribution in [-0.4, -0.2) is 51.8 Å². The molecule has 1 aliphatic heterocycles. The van der Waals surface area contributed by atoms with Gasteiger partial charge in [0.15, 0.2) is 5.16 Å². The summed E-state index contributed by atoms with van der Waals surface area (Å²) in [4.78, 5) is 34.0. The lowest BCUT2D eigenvalue weighted by Crippen LogP contribution is -2.51. The van der Waals surface area contributed by atoms with Crippen LogP contribution in [0.15, 0.2) is 40.3 Å². The summed E-state index contributed by atoms with van der Waals surface area (Å²) in [6.45, 7) is 6.77. The first-order chi connectivity index (χ1) is 13.9. The minimum atomic E-state index is -0.238. The molecular weight excluding hydrogens is 408 g/mol. The van der Waals surface area contributed by atoms with E-state index < -0.39 is 0 Å².